The number of aromatic nitrogens is 3. The number of aryl methyl sites for hydroxylation is 1. The van der Waals surface area contributed by atoms with Gasteiger partial charge in [0.05, 0.1) is 18.6 Å². The van der Waals surface area contributed by atoms with Gasteiger partial charge in [-0.25, -0.2) is 8.42 Å². The quantitative estimate of drug-likeness (QED) is 0.738. The van der Waals surface area contributed by atoms with Crippen LogP contribution in [0.25, 0.3) is 11.4 Å². The zero-order valence-corrected chi connectivity index (χ0v) is 14.2. The number of anilines is 1. The molecular weight excluding hydrogens is 328 g/mol. The molecule has 0 amide bonds. The van der Waals surface area contributed by atoms with Crippen LogP contribution >= 0.6 is 0 Å². The Morgan fingerprint density at radius 2 is 1.96 bits per heavy atom. The van der Waals surface area contributed by atoms with Gasteiger partial charge in [-0.2, -0.15) is 4.98 Å². The SMILES string of the molecule is CCS(=O)(=O)n1nc(-c2ccc(C)cc2)nc1NCc1ccco1. The number of nitrogens with zero attached hydrogens (tertiary/aromatic N) is 3. The third-order valence-corrected chi connectivity index (χ3v) is 5.03. The molecule has 0 atom stereocenters. The van der Waals surface area contributed by atoms with Crippen LogP contribution in [-0.4, -0.2) is 28.3 Å². The minimum Gasteiger partial charge on any atom is -0.467 e. The summed E-state index contributed by atoms with van der Waals surface area (Å²) in [7, 11) is -3.57. The number of rotatable bonds is 6. The Kier molecular flexibility index (Phi) is 4.39. The molecule has 0 saturated carbocycles. The average Bonchev–Trinajstić information content (AvgIpc) is 3.23. The van der Waals surface area contributed by atoms with Gasteiger partial charge in [-0.05, 0) is 26.0 Å². The van der Waals surface area contributed by atoms with E-state index in [4.69, 9.17) is 4.42 Å². The third-order valence-electron chi connectivity index (χ3n) is 3.52. The second-order valence-electron chi connectivity index (χ2n) is 5.30. The van der Waals surface area contributed by atoms with Gasteiger partial charge >= 0.3 is 0 Å². The predicted octanol–water partition coefficient (Wildman–Crippen LogP) is 2.66. The van der Waals surface area contributed by atoms with Crippen molar-refractivity contribution in [3.05, 3.63) is 54.0 Å². The molecule has 126 valence electrons. The second-order valence-corrected chi connectivity index (χ2v) is 7.39. The van der Waals surface area contributed by atoms with Gasteiger partial charge in [-0.3, -0.25) is 0 Å². The molecular formula is C16H18N4O3S. The zero-order valence-electron chi connectivity index (χ0n) is 13.4. The van der Waals surface area contributed by atoms with Crippen molar-refractivity contribution < 1.29 is 12.8 Å². The lowest BCUT2D eigenvalue weighted by Crippen LogP contribution is -2.19. The molecule has 1 aromatic carbocycles. The van der Waals surface area contributed by atoms with Gasteiger partial charge in [0.25, 0.3) is 10.0 Å². The fourth-order valence-corrected chi connectivity index (χ4v) is 2.94. The van der Waals surface area contributed by atoms with Crippen LogP contribution in [0.2, 0.25) is 0 Å². The van der Waals surface area contributed by atoms with Gasteiger partial charge in [0, 0.05) is 5.56 Å². The average molecular weight is 346 g/mol. The van der Waals surface area contributed by atoms with Crippen molar-refractivity contribution >= 4 is 16.0 Å². The van der Waals surface area contributed by atoms with Gasteiger partial charge < -0.3 is 9.73 Å². The van der Waals surface area contributed by atoms with Crippen LogP contribution in [0.5, 0.6) is 0 Å². The molecule has 0 spiro atoms. The van der Waals surface area contributed by atoms with Crippen molar-refractivity contribution in [2.24, 2.45) is 0 Å². The Morgan fingerprint density at radius 3 is 2.58 bits per heavy atom. The van der Waals surface area contributed by atoms with E-state index in [1.165, 1.54) is 0 Å². The van der Waals surface area contributed by atoms with Crippen molar-refractivity contribution in [2.45, 2.75) is 20.4 Å². The zero-order chi connectivity index (χ0) is 17.2. The Morgan fingerprint density at radius 1 is 1.21 bits per heavy atom. The molecule has 0 aliphatic rings. The first-order valence-corrected chi connectivity index (χ1v) is 9.14. The Bertz CT molecular complexity index is 913. The molecule has 24 heavy (non-hydrogen) atoms. The first-order valence-electron chi connectivity index (χ1n) is 7.53. The van der Waals surface area contributed by atoms with Crippen molar-refractivity contribution in [1.29, 1.82) is 0 Å². The summed E-state index contributed by atoms with van der Waals surface area (Å²) in [6.45, 7) is 3.87. The van der Waals surface area contributed by atoms with Crippen LogP contribution in [0.3, 0.4) is 0 Å². The van der Waals surface area contributed by atoms with E-state index < -0.39 is 10.0 Å². The minimum atomic E-state index is -3.57. The van der Waals surface area contributed by atoms with Crippen molar-refractivity contribution in [3.63, 3.8) is 0 Å². The highest BCUT2D eigenvalue weighted by Gasteiger charge is 2.21. The normalized spacial score (nSPS) is 11.6. The minimum absolute atomic E-state index is 0.0703. The van der Waals surface area contributed by atoms with Gasteiger partial charge in [0.2, 0.25) is 5.95 Å². The maximum absolute atomic E-state index is 12.3. The van der Waals surface area contributed by atoms with Gasteiger partial charge in [-0.15, -0.1) is 9.19 Å². The highest BCUT2D eigenvalue weighted by molar-refractivity contribution is 7.89. The van der Waals surface area contributed by atoms with E-state index in [0.29, 0.717) is 18.1 Å². The highest BCUT2D eigenvalue weighted by atomic mass is 32.2. The summed E-state index contributed by atoms with van der Waals surface area (Å²) in [5.41, 5.74) is 1.86. The number of hydrogen-bond acceptors (Lipinski definition) is 6. The van der Waals surface area contributed by atoms with Crippen molar-refractivity contribution in [1.82, 2.24) is 14.2 Å². The summed E-state index contributed by atoms with van der Waals surface area (Å²) in [5.74, 6) is 1.13. The van der Waals surface area contributed by atoms with Gasteiger partial charge in [-0.1, -0.05) is 29.8 Å². The van der Waals surface area contributed by atoms with Gasteiger partial charge in [0.1, 0.15) is 5.76 Å². The molecule has 0 saturated heterocycles. The van der Waals surface area contributed by atoms with Crippen LogP contribution < -0.4 is 5.32 Å². The van der Waals surface area contributed by atoms with E-state index in [1.807, 2.05) is 31.2 Å². The molecule has 2 aromatic heterocycles. The number of hydrogen-bond donors (Lipinski definition) is 1. The maximum atomic E-state index is 12.3. The van der Waals surface area contributed by atoms with E-state index in [2.05, 4.69) is 15.4 Å². The molecule has 0 aliphatic carbocycles. The molecule has 0 radical (unpaired) electrons. The fraction of sp³-hybridized carbons (Fsp3) is 0.250. The van der Waals surface area contributed by atoms with Crippen LogP contribution in [-0.2, 0) is 16.6 Å². The molecule has 2 heterocycles. The summed E-state index contributed by atoms with van der Waals surface area (Å²) >= 11 is 0. The molecule has 0 bridgehead atoms. The van der Waals surface area contributed by atoms with Gasteiger partial charge in [0.15, 0.2) is 5.82 Å². The van der Waals surface area contributed by atoms with E-state index in [0.717, 1.165) is 15.2 Å². The first-order chi connectivity index (χ1) is 11.5. The largest absolute Gasteiger partial charge is 0.467 e. The Labute approximate surface area is 140 Å². The molecule has 0 aliphatic heterocycles. The topological polar surface area (TPSA) is 90.0 Å². The van der Waals surface area contributed by atoms with Crippen LogP contribution in [0.15, 0.2) is 47.1 Å². The number of furan rings is 1. The number of nitrogens with one attached hydrogen (secondary N) is 1. The summed E-state index contributed by atoms with van der Waals surface area (Å²) in [6, 6.07) is 11.2. The smallest absolute Gasteiger partial charge is 0.256 e. The summed E-state index contributed by atoms with van der Waals surface area (Å²) in [5, 5.41) is 7.15. The molecule has 1 N–H and O–H groups in total. The van der Waals surface area contributed by atoms with E-state index in [9.17, 15) is 8.42 Å². The Hall–Kier alpha value is -2.61. The molecule has 3 rings (SSSR count). The molecule has 8 heteroatoms. The van der Waals surface area contributed by atoms with Crippen molar-refractivity contribution in [2.75, 3.05) is 11.1 Å². The second kappa shape index (κ2) is 6.48. The lowest BCUT2D eigenvalue weighted by atomic mass is 10.1. The van der Waals surface area contributed by atoms with E-state index >= 15 is 0 Å². The summed E-state index contributed by atoms with van der Waals surface area (Å²) in [6.07, 6.45) is 1.56. The molecule has 0 fully saturated rings. The van der Waals surface area contributed by atoms with Crippen LogP contribution in [0.4, 0.5) is 5.95 Å². The first kappa shape index (κ1) is 16.3. The summed E-state index contributed by atoms with van der Waals surface area (Å²) < 4.78 is 30.7. The lowest BCUT2D eigenvalue weighted by Gasteiger charge is -2.06. The number of benzene rings is 1. The lowest BCUT2D eigenvalue weighted by molar-refractivity contribution is 0.517. The monoisotopic (exact) mass is 346 g/mol. The standard InChI is InChI=1S/C16H18N4O3S/c1-3-24(21,22)20-16(17-11-14-5-4-10-23-14)18-15(19-20)13-8-6-12(2)7-9-13/h4-10H,3,11H2,1-2H3,(H,17,18,19). The molecule has 0 unspecified atom stereocenters. The Balaban J connectivity index is 1.97. The third kappa shape index (κ3) is 3.33. The maximum Gasteiger partial charge on any atom is 0.256 e. The molecule has 7 nitrogen and oxygen atoms in total. The van der Waals surface area contributed by atoms with Crippen LogP contribution in [0, 0.1) is 6.92 Å². The van der Waals surface area contributed by atoms with E-state index in [1.54, 1.807) is 25.3 Å². The molecule has 3 aromatic rings. The van der Waals surface area contributed by atoms with Crippen LogP contribution in [0.1, 0.15) is 18.2 Å². The summed E-state index contributed by atoms with van der Waals surface area (Å²) in [4.78, 5) is 4.34. The fourth-order valence-electron chi connectivity index (χ4n) is 2.13. The highest BCUT2D eigenvalue weighted by Crippen LogP contribution is 2.20. The predicted molar refractivity (Wildman–Crippen MR) is 91.1 cm³/mol. The van der Waals surface area contributed by atoms with E-state index in [-0.39, 0.29) is 11.7 Å². The van der Waals surface area contributed by atoms with Crippen molar-refractivity contribution in [3.8, 4) is 11.4 Å².